The number of carbonyl (C=O) groups is 1. The second-order valence-electron chi connectivity index (χ2n) is 7.59. The molecule has 0 saturated carbocycles. The van der Waals surface area contributed by atoms with Gasteiger partial charge in [0.1, 0.15) is 5.75 Å². The number of hydrogen-bond donors (Lipinski definition) is 1. The van der Waals surface area contributed by atoms with Crippen molar-refractivity contribution in [2.75, 3.05) is 13.1 Å². The van der Waals surface area contributed by atoms with Crippen LogP contribution in [0.1, 0.15) is 32.3 Å². The van der Waals surface area contributed by atoms with Crippen LogP contribution < -0.4 is 10.1 Å². The molecule has 2 aromatic rings. The molecule has 0 atom stereocenters. The number of pyridine rings is 1. The number of piperidine rings is 1. The number of halogens is 3. The molecular weight excluding hydrogens is 415 g/mol. The quantitative estimate of drug-likeness (QED) is 0.670. The Kier molecular flexibility index (Phi) is 6.92. The van der Waals surface area contributed by atoms with E-state index in [1.54, 1.807) is 32.0 Å². The van der Waals surface area contributed by atoms with Gasteiger partial charge in [0.25, 0.3) is 5.91 Å². The first kappa shape index (κ1) is 22.4. The molecule has 162 valence electrons. The predicted octanol–water partition coefficient (Wildman–Crippen LogP) is 4.55. The molecule has 9 heteroatoms. The smallest absolute Gasteiger partial charge is 0.416 e. The summed E-state index contributed by atoms with van der Waals surface area (Å²) in [7, 11) is 0. The fourth-order valence-electron chi connectivity index (χ4n) is 3.08. The largest absolute Gasteiger partial charge is 0.478 e. The van der Waals surface area contributed by atoms with Crippen LogP contribution in [0.3, 0.4) is 0 Å². The van der Waals surface area contributed by atoms with Crippen LogP contribution in [0.15, 0.2) is 53.7 Å². The molecule has 1 fully saturated rings. The fraction of sp³-hybridized carbons (Fsp3) is 0.429. The van der Waals surface area contributed by atoms with Gasteiger partial charge in [-0.05, 0) is 69.0 Å². The maximum absolute atomic E-state index is 12.9. The number of nitrogens with zero attached hydrogens (tertiary/aromatic N) is 2. The number of ether oxygens (including phenoxy) is 1. The highest BCUT2D eigenvalue weighted by molar-refractivity contribution is 7.97. The zero-order valence-electron chi connectivity index (χ0n) is 16.8. The maximum Gasteiger partial charge on any atom is 0.416 e. The summed E-state index contributed by atoms with van der Waals surface area (Å²) >= 11 is 1.64. The van der Waals surface area contributed by atoms with E-state index in [9.17, 15) is 18.0 Å². The van der Waals surface area contributed by atoms with Crippen LogP contribution in [0.25, 0.3) is 0 Å². The molecule has 0 bridgehead atoms. The molecule has 1 N–H and O–H groups in total. The lowest BCUT2D eigenvalue weighted by Crippen LogP contribution is -2.52. The normalized spacial score (nSPS) is 16.3. The summed E-state index contributed by atoms with van der Waals surface area (Å²) in [4.78, 5) is 17.9. The number of hydrogen-bond acceptors (Lipinski definition) is 5. The Morgan fingerprint density at radius 1 is 1.20 bits per heavy atom. The Labute approximate surface area is 178 Å². The summed E-state index contributed by atoms with van der Waals surface area (Å²) in [5.74, 6) is -0.342. The van der Waals surface area contributed by atoms with Crippen LogP contribution in [0.4, 0.5) is 13.2 Å². The first-order valence-electron chi connectivity index (χ1n) is 9.64. The van der Waals surface area contributed by atoms with Crippen molar-refractivity contribution in [3.05, 3.63) is 54.4 Å². The number of amides is 1. The molecule has 1 aromatic heterocycles. The summed E-state index contributed by atoms with van der Waals surface area (Å²) in [6, 6.07) is 8.44. The predicted molar refractivity (Wildman–Crippen MR) is 109 cm³/mol. The van der Waals surface area contributed by atoms with Crippen molar-refractivity contribution >= 4 is 17.9 Å². The first-order chi connectivity index (χ1) is 14.1. The van der Waals surface area contributed by atoms with E-state index in [1.165, 1.54) is 12.1 Å². The van der Waals surface area contributed by atoms with E-state index in [0.29, 0.717) is 0 Å². The molecule has 1 aliphatic rings. The van der Waals surface area contributed by atoms with E-state index in [2.05, 4.69) is 14.6 Å². The molecule has 1 aromatic carbocycles. The van der Waals surface area contributed by atoms with Crippen molar-refractivity contribution in [2.24, 2.45) is 0 Å². The molecule has 1 saturated heterocycles. The Balaban J connectivity index is 1.52. The van der Waals surface area contributed by atoms with Crippen molar-refractivity contribution < 1.29 is 22.7 Å². The van der Waals surface area contributed by atoms with Gasteiger partial charge in [0.05, 0.1) is 5.56 Å². The average molecular weight is 440 g/mol. The summed E-state index contributed by atoms with van der Waals surface area (Å²) < 4.78 is 46.5. The third-order valence-electron chi connectivity index (χ3n) is 4.74. The van der Waals surface area contributed by atoms with Crippen molar-refractivity contribution in [1.29, 1.82) is 0 Å². The lowest BCUT2D eigenvalue weighted by Gasteiger charge is -2.33. The second kappa shape index (κ2) is 9.26. The SMILES string of the molecule is CC(C)(Oc1cccc(C(F)(F)F)c1)C(=O)NC1CCN(Sc2cccnc2)CC1. The third-order valence-corrected chi connectivity index (χ3v) is 5.81. The van der Waals surface area contributed by atoms with E-state index in [4.69, 9.17) is 4.74 Å². The number of nitrogens with one attached hydrogen (secondary N) is 1. The Bertz CT molecular complexity index is 854. The number of alkyl halides is 3. The van der Waals surface area contributed by atoms with Crippen molar-refractivity contribution in [1.82, 2.24) is 14.6 Å². The highest BCUT2D eigenvalue weighted by Crippen LogP contribution is 2.32. The maximum atomic E-state index is 12.9. The van der Waals surface area contributed by atoms with Gasteiger partial charge in [0.15, 0.2) is 5.60 Å². The molecule has 2 heterocycles. The van der Waals surface area contributed by atoms with Crippen molar-refractivity contribution in [3.63, 3.8) is 0 Å². The van der Waals surface area contributed by atoms with E-state index in [1.807, 2.05) is 18.3 Å². The van der Waals surface area contributed by atoms with Gasteiger partial charge >= 0.3 is 6.18 Å². The van der Waals surface area contributed by atoms with Gasteiger partial charge in [-0.25, -0.2) is 4.31 Å². The monoisotopic (exact) mass is 439 g/mol. The van der Waals surface area contributed by atoms with E-state index >= 15 is 0 Å². The van der Waals surface area contributed by atoms with Crippen molar-refractivity contribution in [2.45, 2.75) is 49.4 Å². The molecule has 0 aliphatic carbocycles. The van der Waals surface area contributed by atoms with Gasteiger partial charge in [-0.15, -0.1) is 0 Å². The lowest BCUT2D eigenvalue weighted by atomic mass is 10.0. The molecule has 0 unspecified atom stereocenters. The molecular formula is C21H24F3N3O2S. The summed E-state index contributed by atoms with van der Waals surface area (Å²) in [5, 5.41) is 2.97. The first-order valence-corrected chi connectivity index (χ1v) is 10.4. The molecule has 3 rings (SSSR count). The topological polar surface area (TPSA) is 54.5 Å². The molecule has 5 nitrogen and oxygen atoms in total. The van der Waals surface area contributed by atoms with Crippen LogP contribution in [-0.4, -0.2) is 39.9 Å². The second-order valence-corrected chi connectivity index (χ2v) is 8.77. The van der Waals surface area contributed by atoms with E-state index in [-0.39, 0.29) is 17.7 Å². The minimum absolute atomic E-state index is 0.00682. The molecule has 1 amide bonds. The molecule has 30 heavy (non-hydrogen) atoms. The number of rotatable bonds is 6. The highest BCUT2D eigenvalue weighted by Gasteiger charge is 2.34. The van der Waals surface area contributed by atoms with Crippen LogP contribution in [-0.2, 0) is 11.0 Å². The van der Waals surface area contributed by atoms with Gasteiger partial charge in [-0.3, -0.25) is 9.78 Å². The average Bonchev–Trinajstić information content (AvgIpc) is 2.69. The van der Waals surface area contributed by atoms with Crippen LogP contribution in [0.2, 0.25) is 0 Å². The Hall–Kier alpha value is -2.26. The van der Waals surface area contributed by atoms with E-state index < -0.39 is 17.3 Å². The summed E-state index contributed by atoms with van der Waals surface area (Å²) in [6.45, 7) is 4.71. The van der Waals surface area contributed by atoms with Gasteiger partial charge in [-0.1, -0.05) is 6.07 Å². The van der Waals surface area contributed by atoms with Crippen LogP contribution >= 0.6 is 11.9 Å². The number of benzene rings is 1. The van der Waals surface area contributed by atoms with Gasteiger partial charge < -0.3 is 10.1 Å². The van der Waals surface area contributed by atoms with Gasteiger partial charge in [-0.2, -0.15) is 13.2 Å². The number of carbonyl (C=O) groups excluding carboxylic acids is 1. The zero-order valence-corrected chi connectivity index (χ0v) is 17.6. The molecule has 1 aliphatic heterocycles. The standard InChI is InChI=1S/C21H24F3N3O2S/c1-20(2,29-17-6-3-5-15(13-17)21(22,23)24)19(28)26-16-8-11-27(12-9-16)30-18-7-4-10-25-14-18/h3-7,10,13-14,16H,8-9,11-12H2,1-2H3,(H,26,28). The summed E-state index contributed by atoms with van der Waals surface area (Å²) in [5.41, 5.74) is -2.11. The lowest BCUT2D eigenvalue weighted by molar-refractivity contribution is -0.138. The Morgan fingerprint density at radius 3 is 2.57 bits per heavy atom. The summed E-state index contributed by atoms with van der Waals surface area (Å²) in [6.07, 6.45) is 0.631. The van der Waals surface area contributed by atoms with Gasteiger partial charge in [0, 0.05) is 36.4 Å². The minimum Gasteiger partial charge on any atom is -0.478 e. The van der Waals surface area contributed by atoms with Crippen LogP contribution in [0.5, 0.6) is 5.75 Å². The third kappa shape index (κ3) is 6.12. The van der Waals surface area contributed by atoms with Crippen molar-refractivity contribution in [3.8, 4) is 5.75 Å². The molecule has 0 radical (unpaired) electrons. The Morgan fingerprint density at radius 2 is 1.93 bits per heavy atom. The molecule has 0 spiro atoms. The van der Waals surface area contributed by atoms with Crippen LogP contribution in [0, 0.1) is 0 Å². The van der Waals surface area contributed by atoms with E-state index in [0.717, 1.165) is 43.0 Å². The fourth-order valence-corrected chi connectivity index (χ4v) is 4.02. The minimum atomic E-state index is -4.46. The zero-order chi connectivity index (χ0) is 21.8. The van der Waals surface area contributed by atoms with Gasteiger partial charge in [0.2, 0.25) is 0 Å². The highest BCUT2D eigenvalue weighted by atomic mass is 32.2. The number of aromatic nitrogens is 1.